The summed E-state index contributed by atoms with van der Waals surface area (Å²) in [7, 11) is 0. The summed E-state index contributed by atoms with van der Waals surface area (Å²) >= 11 is 0. The van der Waals surface area contributed by atoms with Gasteiger partial charge in [-0.1, -0.05) is 0 Å². The molecule has 9 nitrogen and oxygen atoms in total. The minimum Gasteiger partial charge on any atom is -0.487 e. The molecule has 1 amide bonds. The highest BCUT2D eigenvalue weighted by molar-refractivity contribution is 6.04. The second-order valence-electron chi connectivity index (χ2n) is 6.95. The standard InChI is InChI=1S/C24H29NO8/c1-2-31-24(27)18-3-6-20(7-4-18)25-23(26)19-5-8-21-22(17-19)33-16-14-30-12-10-28-9-11-29-13-15-32-21/h3-8,17H,2,9-16H2,1H3,(H,25,26). The molecule has 33 heavy (non-hydrogen) atoms. The van der Waals surface area contributed by atoms with Gasteiger partial charge >= 0.3 is 5.97 Å². The molecule has 2 aromatic rings. The molecule has 9 heteroatoms. The lowest BCUT2D eigenvalue weighted by Gasteiger charge is -2.14. The lowest BCUT2D eigenvalue weighted by atomic mass is 10.1. The Morgan fingerprint density at radius 1 is 0.758 bits per heavy atom. The summed E-state index contributed by atoms with van der Waals surface area (Å²) in [5.74, 6) is 0.226. The van der Waals surface area contributed by atoms with Gasteiger partial charge in [0.1, 0.15) is 13.2 Å². The number of ether oxygens (including phenoxy) is 6. The topological polar surface area (TPSA) is 102 Å². The van der Waals surface area contributed by atoms with Gasteiger partial charge in [0.25, 0.3) is 5.91 Å². The first-order chi connectivity index (χ1) is 16.2. The molecule has 0 aromatic heterocycles. The summed E-state index contributed by atoms with van der Waals surface area (Å²) in [6, 6.07) is 11.5. The largest absolute Gasteiger partial charge is 0.487 e. The maximum absolute atomic E-state index is 12.8. The van der Waals surface area contributed by atoms with Crippen LogP contribution in [0.5, 0.6) is 11.5 Å². The molecule has 0 bridgehead atoms. The minimum absolute atomic E-state index is 0.299. The Morgan fingerprint density at radius 2 is 1.30 bits per heavy atom. The van der Waals surface area contributed by atoms with E-state index < -0.39 is 5.97 Å². The van der Waals surface area contributed by atoms with Crippen LogP contribution in [-0.4, -0.2) is 71.3 Å². The number of hydrogen-bond acceptors (Lipinski definition) is 8. The van der Waals surface area contributed by atoms with Gasteiger partial charge in [0.15, 0.2) is 11.5 Å². The van der Waals surface area contributed by atoms with E-state index in [1.807, 2.05) is 0 Å². The maximum Gasteiger partial charge on any atom is 0.338 e. The van der Waals surface area contributed by atoms with Crippen LogP contribution >= 0.6 is 0 Å². The first kappa shape index (κ1) is 24.5. The molecule has 0 saturated carbocycles. The molecule has 0 radical (unpaired) electrons. The summed E-state index contributed by atoms with van der Waals surface area (Å²) in [5, 5.41) is 2.81. The molecule has 2 aromatic carbocycles. The number of fused-ring (bicyclic) bond motifs is 1. The van der Waals surface area contributed by atoms with Crippen LogP contribution in [0.15, 0.2) is 42.5 Å². The molecule has 0 aliphatic carbocycles. The van der Waals surface area contributed by atoms with Gasteiger partial charge in [-0.25, -0.2) is 4.79 Å². The second kappa shape index (κ2) is 13.4. The predicted molar refractivity (Wildman–Crippen MR) is 120 cm³/mol. The number of amides is 1. The number of anilines is 1. The van der Waals surface area contributed by atoms with Crippen LogP contribution in [0.3, 0.4) is 0 Å². The average Bonchev–Trinajstić information content (AvgIpc) is 2.83. The van der Waals surface area contributed by atoms with E-state index in [1.54, 1.807) is 49.4 Å². The van der Waals surface area contributed by atoms with Gasteiger partial charge in [-0.15, -0.1) is 0 Å². The molecule has 0 atom stereocenters. The first-order valence-electron chi connectivity index (χ1n) is 10.9. The minimum atomic E-state index is -0.406. The van der Waals surface area contributed by atoms with E-state index in [0.717, 1.165) is 0 Å². The van der Waals surface area contributed by atoms with Crippen molar-refractivity contribution in [3.05, 3.63) is 53.6 Å². The van der Waals surface area contributed by atoms with Crippen molar-refractivity contribution in [2.24, 2.45) is 0 Å². The fourth-order valence-electron chi connectivity index (χ4n) is 2.95. The molecule has 0 saturated heterocycles. The normalized spacial score (nSPS) is 15.5. The third-order valence-electron chi connectivity index (χ3n) is 4.57. The van der Waals surface area contributed by atoms with Gasteiger partial charge in [-0.2, -0.15) is 0 Å². The van der Waals surface area contributed by atoms with Gasteiger partial charge in [0.2, 0.25) is 0 Å². The van der Waals surface area contributed by atoms with Crippen molar-refractivity contribution in [3.63, 3.8) is 0 Å². The highest BCUT2D eigenvalue weighted by Gasteiger charge is 2.13. The molecule has 3 rings (SSSR count). The van der Waals surface area contributed by atoms with E-state index in [-0.39, 0.29) is 5.91 Å². The van der Waals surface area contributed by atoms with Crippen LogP contribution < -0.4 is 14.8 Å². The highest BCUT2D eigenvalue weighted by Crippen LogP contribution is 2.29. The van der Waals surface area contributed by atoms with Crippen LogP contribution in [0.2, 0.25) is 0 Å². The Morgan fingerprint density at radius 3 is 1.91 bits per heavy atom. The Kier molecular flexibility index (Phi) is 9.96. The monoisotopic (exact) mass is 459 g/mol. The van der Waals surface area contributed by atoms with Crippen molar-refractivity contribution in [3.8, 4) is 11.5 Å². The second-order valence-corrected chi connectivity index (χ2v) is 6.95. The summed E-state index contributed by atoms with van der Waals surface area (Å²) < 4.78 is 32.9. The number of carbonyl (C=O) groups excluding carboxylic acids is 2. The molecule has 1 N–H and O–H groups in total. The van der Waals surface area contributed by atoms with Gasteiger partial charge in [0.05, 0.1) is 51.8 Å². The summed E-state index contributed by atoms with van der Waals surface area (Å²) in [5.41, 5.74) is 1.37. The van der Waals surface area contributed by atoms with E-state index >= 15 is 0 Å². The number of benzene rings is 2. The van der Waals surface area contributed by atoms with Crippen molar-refractivity contribution in [1.29, 1.82) is 0 Å². The quantitative estimate of drug-likeness (QED) is 0.697. The first-order valence-corrected chi connectivity index (χ1v) is 10.9. The van der Waals surface area contributed by atoms with Gasteiger partial charge in [-0.3, -0.25) is 4.79 Å². The van der Waals surface area contributed by atoms with Gasteiger partial charge in [0, 0.05) is 11.3 Å². The van der Waals surface area contributed by atoms with Crippen LogP contribution in [0.4, 0.5) is 5.69 Å². The van der Waals surface area contributed by atoms with E-state index in [9.17, 15) is 9.59 Å². The number of esters is 1. The van der Waals surface area contributed by atoms with Crippen LogP contribution in [0.25, 0.3) is 0 Å². The highest BCUT2D eigenvalue weighted by atomic mass is 16.6. The molecule has 0 unspecified atom stereocenters. The molecular formula is C24H29NO8. The van der Waals surface area contributed by atoms with Gasteiger partial charge in [-0.05, 0) is 49.4 Å². The zero-order valence-electron chi connectivity index (χ0n) is 18.7. The molecule has 1 aliphatic heterocycles. The van der Waals surface area contributed by atoms with E-state index in [4.69, 9.17) is 28.4 Å². The van der Waals surface area contributed by atoms with E-state index in [2.05, 4.69) is 5.32 Å². The summed E-state index contributed by atoms with van der Waals surface area (Å²) in [4.78, 5) is 24.5. The third-order valence-corrected chi connectivity index (χ3v) is 4.57. The molecule has 0 fully saturated rings. The fourth-order valence-corrected chi connectivity index (χ4v) is 2.95. The number of hydrogen-bond donors (Lipinski definition) is 1. The van der Waals surface area contributed by atoms with Gasteiger partial charge < -0.3 is 33.7 Å². The zero-order chi connectivity index (χ0) is 23.3. The Balaban J connectivity index is 1.65. The van der Waals surface area contributed by atoms with Crippen LogP contribution in [0, 0.1) is 0 Å². The summed E-state index contributed by atoms with van der Waals surface area (Å²) in [6.07, 6.45) is 0. The Bertz CT molecular complexity index is 900. The number of nitrogens with one attached hydrogen (secondary N) is 1. The molecule has 178 valence electrons. The smallest absolute Gasteiger partial charge is 0.338 e. The third kappa shape index (κ3) is 8.05. The average molecular weight is 459 g/mol. The summed E-state index contributed by atoms with van der Waals surface area (Å²) in [6.45, 7) is 5.40. The van der Waals surface area contributed by atoms with Crippen molar-refractivity contribution >= 4 is 17.6 Å². The predicted octanol–water partition coefficient (Wildman–Crippen LogP) is 2.94. The zero-order valence-corrected chi connectivity index (χ0v) is 18.7. The van der Waals surface area contributed by atoms with E-state index in [0.29, 0.717) is 87.8 Å². The molecule has 1 heterocycles. The molecule has 0 spiro atoms. The Labute approximate surface area is 192 Å². The van der Waals surface area contributed by atoms with Crippen molar-refractivity contribution in [1.82, 2.24) is 0 Å². The SMILES string of the molecule is CCOC(=O)c1ccc(NC(=O)c2ccc3c(c2)OCCOCCOCCOCCO3)cc1. The van der Waals surface area contributed by atoms with Crippen molar-refractivity contribution in [2.45, 2.75) is 6.92 Å². The van der Waals surface area contributed by atoms with E-state index in [1.165, 1.54) is 0 Å². The lowest BCUT2D eigenvalue weighted by Crippen LogP contribution is -2.14. The van der Waals surface area contributed by atoms with Crippen molar-refractivity contribution in [2.75, 3.05) is 64.8 Å². The van der Waals surface area contributed by atoms with Crippen LogP contribution in [-0.2, 0) is 18.9 Å². The maximum atomic E-state index is 12.8. The molecule has 1 aliphatic rings. The number of carbonyl (C=O) groups is 2. The van der Waals surface area contributed by atoms with Crippen LogP contribution in [0.1, 0.15) is 27.6 Å². The number of rotatable bonds is 4. The van der Waals surface area contributed by atoms with Crippen molar-refractivity contribution < 1.29 is 38.0 Å². The fraction of sp³-hybridized carbons (Fsp3) is 0.417. The lowest BCUT2D eigenvalue weighted by molar-refractivity contribution is 0.00708. The Hall–Kier alpha value is -3.14. The molecular weight excluding hydrogens is 430 g/mol.